The van der Waals surface area contributed by atoms with Gasteiger partial charge in [0.15, 0.2) is 0 Å². The van der Waals surface area contributed by atoms with Crippen LogP contribution >= 0.6 is 0 Å². The highest BCUT2D eigenvalue weighted by molar-refractivity contribution is 7.90. The van der Waals surface area contributed by atoms with Crippen LogP contribution in [0.25, 0.3) is 0 Å². The highest BCUT2D eigenvalue weighted by atomic mass is 32.2. The lowest BCUT2D eigenvalue weighted by Crippen LogP contribution is -2.31. The monoisotopic (exact) mass is 203 g/mol. The number of sulfone groups is 1. The van der Waals surface area contributed by atoms with Gasteiger partial charge in [0.05, 0.1) is 5.75 Å². The third kappa shape index (κ3) is 3.91. The molecule has 0 aliphatic heterocycles. The standard InChI is InChI=1S/C9H17NO2S/c1-13(11,12)7-9(10)8-5-3-2-4-6-8/h5,9H,2-4,6-7,10H2,1H3. The summed E-state index contributed by atoms with van der Waals surface area (Å²) >= 11 is 0. The van der Waals surface area contributed by atoms with E-state index < -0.39 is 9.84 Å². The molecule has 0 fully saturated rings. The van der Waals surface area contributed by atoms with Gasteiger partial charge in [0, 0.05) is 12.3 Å². The maximum Gasteiger partial charge on any atom is 0.149 e. The van der Waals surface area contributed by atoms with Gasteiger partial charge >= 0.3 is 0 Å². The first-order valence-electron chi connectivity index (χ1n) is 4.61. The molecule has 0 heterocycles. The van der Waals surface area contributed by atoms with E-state index in [0.717, 1.165) is 24.8 Å². The summed E-state index contributed by atoms with van der Waals surface area (Å²) in [5.41, 5.74) is 6.91. The van der Waals surface area contributed by atoms with Gasteiger partial charge in [0.2, 0.25) is 0 Å². The molecule has 1 atom stereocenters. The van der Waals surface area contributed by atoms with E-state index in [1.807, 2.05) is 0 Å². The van der Waals surface area contributed by atoms with E-state index in [1.54, 1.807) is 0 Å². The van der Waals surface area contributed by atoms with Crippen LogP contribution < -0.4 is 5.73 Å². The molecule has 0 aromatic rings. The molecule has 0 aromatic carbocycles. The molecule has 0 amide bonds. The van der Waals surface area contributed by atoms with Crippen LogP contribution in [0.15, 0.2) is 11.6 Å². The molecule has 1 unspecified atom stereocenters. The van der Waals surface area contributed by atoms with Crippen LogP contribution in [-0.2, 0) is 9.84 Å². The summed E-state index contributed by atoms with van der Waals surface area (Å²) in [5, 5.41) is 0. The lowest BCUT2D eigenvalue weighted by molar-refractivity contribution is 0.591. The first kappa shape index (κ1) is 10.7. The van der Waals surface area contributed by atoms with Crippen molar-refractivity contribution in [2.24, 2.45) is 5.73 Å². The van der Waals surface area contributed by atoms with Gasteiger partial charge in [-0.05, 0) is 25.7 Å². The second-order valence-corrected chi connectivity index (χ2v) is 5.91. The molecule has 0 spiro atoms. The Hall–Kier alpha value is -0.350. The lowest BCUT2D eigenvalue weighted by Gasteiger charge is -2.18. The molecule has 76 valence electrons. The summed E-state index contributed by atoms with van der Waals surface area (Å²) < 4.78 is 22.0. The summed E-state index contributed by atoms with van der Waals surface area (Å²) in [6, 6.07) is -0.282. The zero-order valence-corrected chi connectivity index (χ0v) is 8.81. The second kappa shape index (κ2) is 4.24. The maximum absolute atomic E-state index is 11.0. The van der Waals surface area contributed by atoms with Gasteiger partial charge in [-0.3, -0.25) is 0 Å². The van der Waals surface area contributed by atoms with Crippen molar-refractivity contribution in [1.82, 2.24) is 0 Å². The second-order valence-electron chi connectivity index (χ2n) is 3.72. The van der Waals surface area contributed by atoms with Crippen LogP contribution in [0.5, 0.6) is 0 Å². The Morgan fingerprint density at radius 1 is 1.54 bits per heavy atom. The van der Waals surface area contributed by atoms with Crippen molar-refractivity contribution in [3.05, 3.63) is 11.6 Å². The quantitative estimate of drug-likeness (QED) is 0.692. The molecule has 0 aromatic heterocycles. The number of hydrogen-bond donors (Lipinski definition) is 1. The van der Waals surface area contributed by atoms with Gasteiger partial charge in [-0.1, -0.05) is 11.6 Å². The Labute approximate surface area is 79.9 Å². The summed E-state index contributed by atoms with van der Waals surface area (Å²) in [4.78, 5) is 0. The van der Waals surface area contributed by atoms with Crippen LogP contribution in [0.3, 0.4) is 0 Å². The van der Waals surface area contributed by atoms with Gasteiger partial charge in [-0.2, -0.15) is 0 Å². The molecule has 1 aliphatic rings. The van der Waals surface area contributed by atoms with Gasteiger partial charge in [-0.25, -0.2) is 8.42 Å². The SMILES string of the molecule is CS(=O)(=O)CC(N)C1=CCCCC1. The molecule has 4 heteroatoms. The van der Waals surface area contributed by atoms with Crippen molar-refractivity contribution in [3.8, 4) is 0 Å². The fourth-order valence-corrected chi connectivity index (χ4v) is 2.50. The molecular formula is C9H17NO2S. The zero-order valence-electron chi connectivity index (χ0n) is 7.99. The molecular weight excluding hydrogens is 186 g/mol. The molecule has 0 saturated carbocycles. The summed E-state index contributed by atoms with van der Waals surface area (Å²) in [6.45, 7) is 0. The molecule has 1 aliphatic carbocycles. The summed E-state index contributed by atoms with van der Waals surface area (Å²) in [5.74, 6) is 0.0822. The highest BCUT2D eigenvalue weighted by Crippen LogP contribution is 2.19. The van der Waals surface area contributed by atoms with Crippen LogP contribution in [0.2, 0.25) is 0 Å². The van der Waals surface area contributed by atoms with Gasteiger partial charge < -0.3 is 5.73 Å². The third-order valence-corrected chi connectivity index (χ3v) is 3.25. The fourth-order valence-electron chi connectivity index (χ4n) is 1.63. The number of rotatable bonds is 3. The normalized spacial score (nSPS) is 20.9. The van der Waals surface area contributed by atoms with Gasteiger partial charge in [0.1, 0.15) is 9.84 Å². The Morgan fingerprint density at radius 2 is 2.23 bits per heavy atom. The molecule has 13 heavy (non-hydrogen) atoms. The first-order valence-corrected chi connectivity index (χ1v) is 6.67. The Morgan fingerprint density at radius 3 is 2.69 bits per heavy atom. The smallest absolute Gasteiger partial charge is 0.149 e. The molecule has 1 rings (SSSR count). The highest BCUT2D eigenvalue weighted by Gasteiger charge is 2.16. The predicted molar refractivity (Wildman–Crippen MR) is 54.2 cm³/mol. The van der Waals surface area contributed by atoms with E-state index in [1.165, 1.54) is 12.7 Å². The van der Waals surface area contributed by atoms with Crippen LogP contribution in [-0.4, -0.2) is 26.5 Å². The predicted octanol–water partition coefficient (Wildman–Crippen LogP) is 0.859. The molecule has 0 saturated heterocycles. The van der Waals surface area contributed by atoms with Gasteiger partial charge in [-0.15, -0.1) is 0 Å². The Kier molecular flexibility index (Phi) is 3.50. The Balaban J connectivity index is 2.57. The lowest BCUT2D eigenvalue weighted by atomic mass is 9.95. The topological polar surface area (TPSA) is 60.2 Å². The maximum atomic E-state index is 11.0. The van der Waals surface area contributed by atoms with E-state index in [2.05, 4.69) is 6.08 Å². The number of nitrogens with two attached hydrogens (primary N) is 1. The minimum atomic E-state index is -2.94. The van der Waals surface area contributed by atoms with Crippen molar-refractivity contribution in [3.63, 3.8) is 0 Å². The average molecular weight is 203 g/mol. The minimum Gasteiger partial charge on any atom is -0.323 e. The van der Waals surface area contributed by atoms with E-state index in [-0.39, 0.29) is 11.8 Å². The molecule has 2 N–H and O–H groups in total. The fraction of sp³-hybridized carbons (Fsp3) is 0.778. The minimum absolute atomic E-state index is 0.0822. The van der Waals surface area contributed by atoms with E-state index in [0.29, 0.717) is 0 Å². The van der Waals surface area contributed by atoms with Crippen molar-refractivity contribution < 1.29 is 8.42 Å². The number of allylic oxidation sites excluding steroid dienone is 1. The first-order chi connectivity index (χ1) is 5.99. The molecule has 3 nitrogen and oxygen atoms in total. The third-order valence-electron chi connectivity index (χ3n) is 2.28. The Bertz CT molecular complexity index is 293. The summed E-state index contributed by atoms with van der Waals surface area (Å²) in [7, 11) is -2.94. The zero-order chi connectivity index (χ0) is 9.90. The van der Waals surface area contributed by atoms with Crippen LogP contribution in [0.1, 0.15) is 25.7 Å². The van der Waals surface area contributed by atoms with Crippen molar-refractivity contribution in [1.29, 1.82) is 0 Å². The van der Waals surface area contributed by atoms with Crippen molar-refractivity contribution in [2.45, 2.75) is 31.7 Å². The van der Waals surface area contributed by atoms with Crippen LogP contribution in [0.4, 0.5) is 0 Å². The van der Waals surface area contributed by atoms with E-state index >= 15 is 0 Å². The summed E-state index contributed by atoms with van der Waals surface area (Å²) in [6.07, 6.45) is 7.69. The molecule has 0 radical (unpaired) electrons. The van der Waals surface area contributed by atoms with Crippen LogP contribution in [0, 0.1) is 0 Å². The molecule has 0 bridgehead atoms. The van der Waals surface area contributed by atoms with Gasteiger partial charge in [0.25, 0.3) is 0 Å². The van der Waals surface area contributed by atoms with Crippen molar-refractivity contribution >= 4 is 9.84 Å². The average Bonchev–Trinajstić information content (AvgIpc) is 2.03. The van der Waals surface area contributed by atoms with Crippen molar-refractivity contribution in [2.75, 3.05) is 12.0 Å². The van der Waals surface area contributed by atoms with E-state index in [9.17, 15) is 8.42 Å². The van der Waals surface area contributed by atoms with E-state index in [4.69, 9.17) is 5.73 Å². The largest absolute Gasteiger partial charge is 0.323 e. The number of hydrogen-bond acceptors (Lipinski definition) is 3.